The van der Waals surface area contributed by atoms with Gasteiger partial charge in [-0.2, -0.15) is 0 Å². The number of hydrogen-bond acceptors (Lipinski definition) is 17. The molecule has 2 unspecified atom stereocenters. The van der Waals surface area contributed by atoms with Gasteiger partial charge in [-0.05, 0) is 48.6 Å². The quantitative estimate of drug-likeness (QED) is 0.0868. The van der Waals surface area contributed by atoms with Crippen molar-refractivity contribution in [2.24, 2.45) is 11.3 Å². The van der Waals surface area contributed by atoms with Crippen molar-refractivity contribution in [1.82, 2.24) is 39.0 Å². The van der Waals surface area contributed by atoms with Gasteiger partial charge in [-0.15, -0.1) is 0 Å². The number of rotatable bonds is 6. The van der Waals surface area contributed by atoms with Crippen molar-refractivity contribution in [3.05, 3.63) is 25.3 Å². The molecular weight excluding hydrogens is 875 g/mol. The molecule has 59 heavy (non-hydrogen) atoms. The standard InChI is InChI=1S/C34H54N10O9P2S2Si2/c1-32(2,3)58(7,8)52-23-19-12-47-54(45,56)51-26-24(53-59(9,10)33(4,5)6)22(43-16-41-20-27(35)37-14-39-29(20)43)18-11-34(18,26)13-48-55(46,57)50-25(23)31(49-19)44-17-42-21-28(36)38-15-40-30(21)44/h14-19,22-26,31H,11-13H2,1-10H3,(H,45,56)(H,46,57)(H2,35,37,39)(H2,36,38,40)/t18-,19-,22-,23?,24?,25-,26+,31-,34+,54+,55+/m1/s1. The van der Waals surface area contributed by atoms with Crippen LogP contribution in [0.5, 0.6) is 0 Å². The highest BCUT2D eigenvalue weighted by atomic mass is 32.7. The number of nitrogen functional groups attached to an aromatic ring is 2. The molecule has 11 atom stereocenters. The summed E-state index contributed by atoms with van der Waals surface area (Å²) in [5.74, 6) is 0.176. The molecule has 25 heteroatoms. The summed E-state index contributed by atoms with van der Waals surface area (Å²) in [5.41, 5.74) is 13.1. The van der Waals surface area contributed by atoms with Crippen molar-refractivity contribution in [3.8, 4) is 0 Å². The molecule has 2 saturated heterocycles. The third kappa shape index (κ3) is 7.67. The summed E-state index contributed by atoms with van der Waals surface area (Å²) in [7, 11) is -5.20. The second-order valence-corrected chi connectivity index (χ2v) is 34.3. The molecular formula is C34H54N10O9P2S2Si2. The summed E-state index contributed by atoms with van der Waals surface area (Å²) in [6, 6.07) is -0.450. The highest BCUT2D eigenvalue weighted by molar-refractivity contribution is 8.44. The first kappa shape index (κ1) is 43.7. The first-order valence-corrected chi connectivity index (χ1v) is 30.7. The molecule has 2 bridgehead atoms. The second-order valence-electron chi connectivity index (χ2n) is 19.1. The Morgan fingerprint density at radius 2 is 1.31 bits per heavy atom. The number of nitrogens with zero attached hydrogens (tertiary/aromatic N) is 8. The summed E-state index contributed by atoms with van der Waals surface area (Å²) < 4.78 is 79.6. The van der Waals surface area contributed by atoms with E-state index < -0.39 is 78.4 Å². The molecule has 8 rings (SSSR count). The highest BCUT2D eigenvalue weighted by Gasteiger charge is 2.75. The van der Waals surface area contributed by atoms with Crippen LogP contribution in [0.25, 0.3) is 22.3 Å². The summed E-state index contributed by atoms with van der Waals surface area (Å²) in [6.45, 7) is 12.1. The lowest BCUT2D eigenvalue weighted by atomic mass is 10.0. The molecule has 4 fully saturated rings. The van der Waals surface area contributed by atoms with Crippen LogP contribution in [0.1, 0.15) is 60.2 Å². The number of thiol groups is 2. The van der Waals surface area contributed by atoms with Crippen molar-refractivity contribution in [2.45, 2.75) is 127 Å². The summed E-state index contributed by atoms with van der Waals surface area (Å²) in [4.78, 5) is 26.2. The van der Waals surface area contributed by atoms with Crippen LogP contribution in [0.3, 0.4) is 0 Å². The van der Waals surface area contributed by atoms with E-state index in [1.54, 1.807) is 10.9 Å². The second kappa shape index (κ2) is 14.5. The molecule has 0 amide bonds. The first-order chi connectivity index (χ1) is 27.3. The lowest BCUT2D eigenvalue weighted by Crippen LogP contribution is -2.50. The molecule has 4 aliphatic rings. The van der Waals surface area contributed by atoms with Gasteiger partial charge in [-0.3, -0.25) is 18.1 Å². The van der Waals surface area contributed by atoms with Crippen molar-refractivity contribution in [2.75, 3.05) is 24.7 Å². The average molecular weight is 929 g/mol. The zero-order valence-electron chi connectivity index (χ0n) is 34.7. The van der Waals surface area contributed by atoms with E-state index in [9.17, 15) is 9.13 Å². The third-order valence-electron chi connectivity index (χ3n) is 13.3. The van der Waals surface area contributed by atoms with Gasteiger partial charge in [0.15, 0.2) is 45.8 Å². The number of anilines is 2. The van der Waals surface area contributed by atoms with E-state index in [0.717, 1.165) is 0 Å². The zero-order valence-corrected chi connectivity index (χ0v) is 40.3. The number of imidazole rings is 2. The van der Waals surface area contributed by atoms with Crippen LogP contribution >= 0.6 is 38.1 Å². The van der Waals surface area contributed by atoms with Crippen LogP contribution in [0, 0.1) is 11.3 Å². The maximum absolute atomic E-state index is 14.8. The van der Waals surface area contributed by atoms with E-state index in [0.29, 0.717) is 28.7 Å². The molecule has 0 aromatic carbocycles. The normalized spacial score (nSPS) is 35.9. The first-order valence-electron chi connectivity index (χ1n) is 19.4. The number of ether oxygens (including phenoxy) is 1. The molecule has 2 saturated carbocycles. The summed E-state index contributed by atoms with van der Waals surface area (Å²) >= 11 is 9.19. The SMILES string of the molecule is CC(C)(C)[Si](C)(C)OC1[C@H]2O[P@@](=O)(S)OC[C@@]34C[C@@H]3[C@@H](n3cnc5c(N)ncnc53)C(O[Si](C)(C)C(C)(C)C)[C@@H]4O[P@@](=O)(S)OC[C@H]1O[C@H]2n1cnc2c(N)ncnc21. The van der Waals surface area contributed by atoms with E-state index in [-0.39, 0.29) is 40.8 Å². The van der Waals surface area contributed by atoms with Crippen LogP contribution in [0.2, 0.25) is 36.3 Å². The summed E-state index contributed by atoms with van der Waals surface area (Å²) in [5, 5.41) is -0.483. The van der Waals surface area contributed by atoms with Gasteiger partial charge in [0.05, 0.1) is 38.0 Å². The van der Waals surface area contributed by atoms with Crippen LogP contribution in [0.4, 0.5) is 11.6 Å². The average Bonchev–Trinajstić information content (AvgIpc) is 3.40. The largest absolute Gasteiger partial charge is 0.409 e. The van der Waals surface area contributed by atoms with Gasteiger partial charge in [0.1, 0.15) is 48.1 Å². The highest BCUT2D eigenvalue weighted by Crippen LogP contribution is 2.74. The molecule has 19 nitrogen and oxygen atoms in total. The zero-order chi connectivity index (χ0) is 42.9. The Bertz CT molecular complexity index is 2380. The van der Waals surface area contributed by atoms with Crippen LogP contribution < -0.4 is 11.5 Å². The Hall–Kier alpha value is -1.99. The maximum atomic E-state index is 14.8. The smallest absolute Gasteiger partial charge is 0.386 e. The lowest BCUT2D eigenvalue weighted by Gasteiger charge is -2.43. The number of aromatic nitrogens is 8. The molecule has 6 heterocycles. The molecule has 0 radical (unpaired) electrons. The van der Waals surface area contributed by atoms with Gasteiger partial charge < -0.3 is 34.1 Å². The molecule has 4 aromatic rings. The minimum atomic E-state index is -4.28. The van der Waals surface area contributed by atoms with Crippen LogP contribution in [-0.4, -0.2) is 99.4 Å². The van der Waals surface area contributed by atoms with E-state index in [4.69, 9.17) is 43.2 Å². The van der Waals surface area contributed by atoms with E-state index in [1.165, 1.54) is 19.0 Å². The third-order valence-corrected chi connectivity index (χ3v) is 25.5. The van der Waals surface area contributed by atoms with E-state index >= 15 is 0 Å². The molecule has 4 N–H and O–H groups in total. The summed E-state index contributed by atoms with van der Waals surface area (Å²) in [6.07, 6.45) is 0.663. The molecule has 1 spiro atoms. The fourth-order valence-corrected chi connectivity index (χ4v) is 13.6. The Morgan fingerprint density at radius 1 is 0.780 bits per heavy atom. The van der Waals surface area contributed by atoms with Crippen molar-refractivity contribution >= 4 is 88.7 Å². The number of hydrogen-bond donors (Lipinski definition) is 4. The van der Waals surface area contributed by atoms with E-state index in [2.05, 4.69) is 122 Å². The number of nitrogens with two attached hydrogens (primary N) is 2. The van der Waals surface area contributed by atoms with Crippen molar-refractivity contribution in [1.29, 1.82) is 0 Å². The van der Waals surface area contributed by atoms with Crippen molar-refractivity contribution < 1.29 is 40.8 Å². The van der Waals surface area contributed by atoms with Crippen molar-refractivity contribution in [3.63, 3.8) is 0 Å². The molecule has 324 valence electrons. The van der Waals surface area contributed by atoms with Crippen LogP contribution in [-0.2, 0) is 40.8 Å². The fraction of sp³-hybridized carbons (Fsp3) is 0.706. The fourth-order valence-electron chi connectivity index (χ4n) is 8.00. The monoisotopic (exact) mass is 928 g/mol. The number of fused-ring (bicyclic) bond motifs is 4. The Balaban J connectivity index is 1.22. The molecule has 2 aliphatic carbocycles. The maximum Gasteiger partial charge on any atom is 0.386 e. The van der Waals surface area contributed by atoms with Gasteiger partial charge in [0.25, 0.3) is 0 Å². The predicted octanol–water partition coefficient (Wildman–Crippen LogP) is 6.96. The lowest BCUT2D eigenvalue weighted by molar-refractivity contribution is -0.0540. The Labute approximate surface area is 355 Å². The minimum Gasteiger partial charge on any atom is -0.409 e. The Kier molecular flexibility index (Phi) is 10.8. The van der Waals surface area contributed by atoms with Gasteiger partial charge in [-0.25, -0.2) is 39.0 Å². The minimum absolute atomic E-state index is 0.162. The van der Waals surface area contributed by atoms with Gasteiger partial charge in [-0.1, -0.05) is 66.0 Å². The Morgan fingerprint density at radius 3 is 1.88 bits per heavy atom. The van der Waals surface area contributed by atoms with E-state index in [1.807, 2.05) is 4.57 Å². The van der Waals surface area contributed by atoms with Crippen LogP contribution in [0.15, 0.2) is 25.3 Å². The van der Waals surface area contributed by atoms with Gasteiger partial charge in [0, 0.05) is 5.41 Å². The van der Waals surface area contributed by atoms with Gasteiger partial charge in [0.2, 0.25) is 0 Å². The predicted molar refractivity (Wildman–Crippen MR) is 232 cm³/mol. The molecule has 4 aromatic heterocycles. The topological polar surface area (TPSA) is 238 Å². The van der Waals surface area contributed by atoms with Gasteiger partial charge >= 0.3 is 13.6 Å². The molecule has 2 aliphatic heterocycles.